The first kappa shape index (κ1) is 47.4. The number of benzene rings is 10. The van der Waals surface area contributed by atoms with Gasteiger partial charge in [-0.1, -0.05) is 237 Å². The van der Waals surface area contributed by atoms with E-state index in [0.29, 0.717) is 29.2 Å². The van der Waals surface area contributed by atoms with Crippen LogP contribution in [0.15, 0.2) is 285 Å². The van der Waals surface area contributed by atoms with E-state index in [1.54, 1.807) is 0 Å². The van der Waals surface area contributed by atoms with Gasteiger partial charge in [0.15, 0.2) is 23.3 Å². The van der Waals surface area contributed by atoms with Crippen molar-refractivity contribution < 1.29 is 0 Å². The van der Waals surface area contributed by atoms with Crippen LogP contribution in [0.4, 0.5) is 34.4 Å². The normalized spacial score (nSPS) is 11.7. The van der Waals surface area contributed by atoms with Crippen LogP contribution in [-0.2, 0) is 0 Å². The molecular formula is C71H47N9. The molecule has 0 bridgehead atoms. The Labute approximate surface area is 463 Å². The highest BCUT2D eigenvalue weighted by atomic mass is 15.3. The van der Waals surface area contributed by atoms with E-state index in [2.05, 4.69) is 155 Å². The smallest absolute Gasteiger partial charge is 0.238 e. The topological polar surface area (TPSA) is 96.7 Å². The largest absolute Gasteiger partial charge is 0.306 e. The molecule has 0 atom stereocenters. The Bertz CT molecular complexity index is 4120. The predicted molar refractivity (Wildman–Crippen MR) is 323 cm³/mol. The lowest BCUT2D eigenvalue weighted by atomic mass is 9.90. The van der Waals surface area contributed by atoms with Gasteiger partial charge < -0.3 is 4.90 Å². The van der Waals surface area contributed by atoms with Crippen LogP contribution in [0.3, 0.4) is 0 Å². The summed E-state index contributed by atoms with van der Waals surface area (Å²) in [5.74, 6) is 2.70. The van der Waals surface area contributed by atoms with Crippen molar-refractivity contribution in [1.29, 1.82) is 0 Å². The fraction of sp³-hybridized carbons (Fsp3) is 0. The minimum absolute atomic E-state index is 0.480. The number of hydrogen-bond donors (Lipinski definition) is 0. The van der Waals surface area contributed by atoms with Gasteiger partial charge in [0.1, 0.15) is 0 Å². The summed E-state index contributed by atoms with van der Waals surface area (Å²) in [7, 11) is 0. The van der Waals surface area contributed by atoms with E-state index in [1.807, 2.05) is 140 Å². The SMILES string of the molecule is c1ccc(-c2cc(-c3ccccc3)nc(-c3ccc(N4c5ccccc5N(c5nc(-c6ccccc6)nc(-c6ccccc6)n5)c5ccccc54)c(-c4nc(-c5ccccc5)cc(-c5ccccc5)n4)c3-c3ccccc3)n2)cc1. The van der Waals surface area contributed by atoms with E-state index in [9.17, 15) is 0 Å². The molecule has 0 unspecified atom stereocenters. The molecule has 13 aromatic rings. The van der Waals surface area contributed by atoms with Gasteiger partial charge in [0.25, 0.3) is 0 Å². The lowest BCUT2D eigenvalue weighted by molar-refractivity contribution is 1.01. The van der Waals surface area contributed by atoms with E-state index in [-0.39, 0.29) is 0 Å². The summed E-state index contributed by atoms with van der Waals surface area (Å²) < 4.78 is 0. The summed E-state index contributed by atoms with van der Waals surface area (Å²) in [5.41, 5.74) is 16.6. The van der Waals surface area contributed by atoms with Gasteiger partial charge in [-0.2, -0.15) is 9.97 Å². The van der Waals surface area contributed by atoms with Crippen molar-refractivity contribution in [2.24, 2.45) is 0 Å². The number of anilines is 6. The van der Waals surface area contributed by atoms with Crippen molar-refractivity contribution >= 4 is 34.4 Å². The van der Waals surface area contributed by atoms with Crippen molar-refractivity contribution in [2.45, 2.75) is 0 Å². The molecule has 9 nitrogen and oxygen atoms in total. The molecule has 376 valence electrons. The third-order valence-electron chi connectivity index (χ3n) is 14.3. The van der Waals surface area contributed by atoms with E-state index < -0.39 is 0 Å². The van der Waals surface area contributed by atoms with Gasteiger partial charge in [0, 0.05) is 44.5 Å². The van der Waals surface area contributed by atoms with Crippen LogP contribution in [0, 0.1) is 0 Å². The molecule has 0 amide bonds. The lowest BCUT2D eigenvalue weighted by Gasteiger charge is -2.40. The minimum atomic E-state index is 0.480. The summed E-state index contributed by atoms with van der Waals surface area (Å²) in [6, 6.07) is 97.3. The Morgan fingerprint density at radius 2 is 0.512 bits per heavy atom. The quantitative estimate of drug-likeness (QED) is 0.125. The summed E-state index contributed by atoms with van der Waals surface area (Å²) in [5, 5.41) is 0. The monoisotopic (exact) mass is 1030 g/mol. The number of aromatic nitrogens is 7. The second kappa shape index (κ2) is 20.8. The molecule has 0 saturated heterocycles. The minimum Gasteiger partial charge on any atom is -0.306 e. The van der Waals surface area contributed by atoms with Gasteiger partial charge in [-0.05, 0) is 54.1 Å². The van der Waals surface area contributed by atoms with Gasteiger partial charge in [0.2, 0.25) is 5.95 Å². The van der Waals surface area contributed by atoms with Crippen LogP contribution in [0.25, 0.3) is 102 Å². The highest BCUT2D eigenvalue weighted by Crippen LogP contribution is 2.57. The van der Waals surface area contributed by atoms with Crippen LogP contribution in [-0.4, -0.2) is 34.9 Å². The van der Waals surface area contributed by atoms with Crippen molar-refractivity contribution in [3.05, 3.63) is 285 Å². The van der Waals surface area contributed by atoms with Gasteiger partial charge in [0.05, 0.1) is 56.8 Å². The highest BCUT2D eigenvalue weighted by molar-refractivity contribution is 6.07. The van der Waals surface area contributed by atoms with Crippen LogP contribution >= 0.6 is 0 Å². The molecule has 0 N–H and O–H groups in total. The van der Waals surface area contributed by atoms with Crippen LogP contribution in [0.5, 0.6) is 0 Å². The van der Waals surface area contributed by atoms with Crippen molar-refractivity contribution in [3.8, 4) is 102 Å². The zero-order valence-electron chi connectivity index (χ0n) is 43.2. The maximum absolute atomic E-state index is 5.64. The van der Waals surface area contributed by atoms with Gasteiger partial charge in [-0.3, -0.25) is 4.90 Å². The first-order valence-corrected chi connectivity index (χ1v) is 26.6. The zero-order valence-corrected chi connectivity index (χ0v) is 43.2. The average molecular weight is 1030 g/mol. The summed E-state index contributed by atoms with van der Waals surface area (Å²) in [4.78, 5) is 42.4. The maximum atomic E-state index is 5.64. The van der Waals surface area contributed by atoms with Crippen LogP contribution in [0.1, 0.15) is 0 Å². The second-order valence-corrected chi connectivity index (χ2v) is 19.3. The number of fused-ring (bicyclic) bond motifs is 2. The molecule has 4 heterocycles. The molecule has 1 aliphatic rings. The Morgan fingerprint density at radius 1 is 0.200 bits per heavy atom. The van der Waals surface area contributed by atoms with E-state index in [1.165, 1.54) is 0 Å². The standard InChI is InChI=1S/C71H47N9/c1-8-26-48(27-9-1)56-46-57(49-28-10-2-11-29-49)73-69(72-56)55-44-45-64(66(65(55)52-34-16-5-17-35-52)70-74-58(50-30-12-3-13-31-50)47-59(75-70)51-32-14-4-15-33-51)79-60-40-22-24-42-62(60)80(63-43-25-23-41-61(63)79)71-77-67(53-36-18-6-19-37-53)76-68(78-71)54-38-20-7-21-39-54/h1-47H. The first-order chi connectivity index (χ1) is 39.7. The van der Waals surface area contributed by atoms with E-state index in [0.717, 1.165) is 107 Å². The molecule has 0 radical (unpaired) electrons. The van der Waals surface area contributed by atoms with E-state index >= 15 is 0 Å². The van der Waals surface area contributed by atoms with Crippen molar-refractivity contribution in [3.63, 3.8) is 0 Å². The molecule has 9 heteroatoms. The van der Waals surface area contributed by atoms with Gasteiger partial charge in [-0.15, -0.1) is 0 Å². The Balaban J connectivity index is 1.07. The average Bonchev–Trinajstić information content (AvgIpc) is 3.74. The molecule has 14 rings (SSSR count). The third-order valence-corrected chi connectivity index (χ3v) is 14.3. The molecule has 80 heavy (non-hydrogen) atoms. The highest BCUT2D eigenvalue weighted by Gasteiger charge is 2.35. The zero-order chi connectivity index (χ0) is 53.2. The number of para-hydroxylation sites is 4. The molecule has 0 saturated carbocycles. The molecular weight excluding hydrogens is 979 g/mol. The maximum Gasteiger partial charge on any atom is 0.238 e. The van der Waals surface area contributed by atoms with Crippen molar-refractivity contribution in [2.75, 3.05) is 9.80 Å². The van der Waals surface area contributed by atoms with Gasteiger partial charge in [-0.25, -0.2) is 24.9 Å². The van der Waals surface area contributed by atoms with Crippen molar-refractivity contribution in [1.82, 2.24) is 34.9 Å². The first-order valence-electron chi connectivity index (χ1n) is 26.6. The molecule has 0 spiro atoms. The third kappa shape index (κ3) is 9.00. The van der Waals surface area contributed by atoms with Crippen LogP contribution < -0.4 is 9.80 Å². The predicted octanol–water partition coefficient (Wildman–Crippen LogP) is 17.7. The summed E-state index contributed by atoms with van der Waals surface area (Å²) in [6.45, 7) is 0. The molecule has 3 aromatic heterocycles. The summed E-state index contributed by atoms with van der Waals surface area (Å²) in [6.07, 6.45) is 0. The number of rotatable bonds is 11. The van der Waals surface area contributed by atoms with Crippen LogP contribution in [0.2, 0.25) is 0 Å². The molecule has 0 aliphatic carbocycles. The lowest BCUT2D eigenvalue weighted by Crippen LogP contribution is -2.26. The number of hydrogen-bond acceptors (Lipinski definition) is 9. The number of nitrogens with zero attached hydrogens (tertiary/aromatic N) is 9. The Morgan fingerprint density at radius 3 is 0.887 bits per heavy atom. The second-order valence-electron chi connectivity index (χ2n) is 19.3. The van der Waals surface area contributed by atoms with Gasteiger partial charge >= 0.3 is 0 Å². The summed E-state index contributed by atoms with van der Waals surface area (Å²) >= 11 is 0. The molecule has 10 aromatic carbocycles. The molecule has 1 aliphatic heterocycles. The Hall–Kier alpha value is -11.0. The Kier molecular flexibility index (Phi) is 12.3. The fourth-order valence-corrected chi connectivity index (χ4v) is 10.6. The van der Waals surface area contributed by atoms with E-state index in [4.69, 9.17) is 34.9 Å². The molecule has 0 fully saturated rings. The fourth-order valence-electron chi connectivity index (χ4n) is 10.6.